The highest BCUT2D eigenvalue weighted by Crippen LogP contribution is 2.26. The van der Waals surface area contributed by atoms with Crippen molar-refractivity contribution in [3.05, 3.63) is 34.4 Å². The number of carbonyl (C=O) groups excluding carboxylic acids is 1. The van der Waals surface area contributed by atoms with Gasteiger partial charge in [0.05, 0.1) is 17.5 Å². The second-order valence-electron chi connectivity index (χ2n) is 3.54. The summed E-state index contributed by atoms with van der Waals surface area (Å²) in [6.45, 7) is -0.129. The lowest BCUT2D eigenvalue weighted by Gasteiger charge is -2.17. The summed E-state index contributed by atoms with van der Waals surface area (Å²) in [5.74, 6) is -0.364. The van der Waals surface area contributed by atoms with Crippen LogP contribution in [0.4, 0.5) is 11.4 Å². The Labute approximate surface area is 104 Å². The Morgan fingerprint density at radius 1 is 1.56 bits per heavy atom. The number of carbonyl (C=O) groups is 1. The van der Waals surface area contributed by atoms with Crippen LogP contribution in [0.1, 0.15) is 0 Å². The molecule has 0 fully saturated rings. The number of hydrogen-bond acceptors (Lipinski definition) is 5. The maximum atomic E-state index is 11.4. The van der Waals surface area contributed by atoms with Crippen LogP contribution in [0.3, 0.4) is 0 Å². The molecule has 0 atom stereocenters. The Morgan fingerprint density at radius 2 is 2.22 bits per heavy atom. The first kappa shape index (κ1) is 13.4. The number of anilines is 1. The number of likely N-dealkylation sites (N-methyl/N-ethyl adjacent to an activating group) is 1. The molecule has 0 aliphatic rings. The molecule has 94 valence electrons. The van der Waals surface area contributed by atoms with E-state index in [1.807, 2.05) is 0 Å². The van der Waals surface area contributed by atoms with Crippen LogP contribution in [0.25, 0.3) is 0 Å². The number of nitriles is 1. The molecule has 1 N–H and O–H groups in total. The number of amides is 1. The summed E-state index contributed by atoms with van der Waals surface area (Å²) >= 11 is 0. The Morgan fingerprint density at radius 3 is 2.83 bits per heavy atom. The van der Waals surface area contributed by atoms with Gasteiger partial charge in [0, 0.05) is 13.1 Å². The van der Waals surface area contributed by atoms with Crippen LogP contribution < -0.4 is 10.2 Å². The predicted molar refractivity (Wildman–Crippen MR) is 65.0 cm³/mol. The van der Waals surface area contributed by atoms with Crippen molar-refractivity contribution in [2.75, 3.05) is 25.0 Å². The molecule has 0 aliphatic carbocycles. The molecule has 0 spiro atoms. The van der Waals surface area contributed by atoms with Gasteiger partial charge in [0.2, 0.25) is 5.91 Å². The van der Waals surface area contributed by atoms with E-state index in [0.717, 1.165) is 0 Å². The van der Waals surface area contributed by atoms with Crippen LogP contribution in [-0.4, -0.2) is 31.0 Å². The highest BCUT2D eigenvalue weighted by Gasteiger charge is 2.17. The molecule has 0 bridgehead atoms. The standard InChI is InChI=1S/C11H12N4O3/c1-14(8-11(16)13-7-6-12)9-4-2-3-5-10(9)15(17)18/h2-5H,7-8H2,1H3,(H,13,16). The quantitative estimate of drug-likeness (QED) is 0.469. The van der Waals surface area contributed by atoms with Crippen LogP contribution >= 0.6 is 0 Å². The summed E-state index contributed by atoms with van der Waals surface area (Å²) in [5.41, 5.74) is 0.294. The minimum absolute atomic E-state index is 0.0491. The van der Waals surface area contributed by atoms with Crippen molar-refractivity contribution in [2.24, 2.45) is 0 Å². The molecule has 0 aliphatic heterocycles. The van der Waals surface area contributed by atoms with Gasteiger partial charge < -0.3 is 10.2 Å². The summed E-state index contributed by atoms with van der Waals surface area (Å²) < 4.78 is 0. The number of para-hydroxylation sites is 2. The fourth-order valence-corrected chi connectivity index (χ4v) is 1.44. The first-order chi connectivity index (χ1) is 8.56. The fourth-order valence-electron chi connectivity index (χ4n) is 1.44. The van der Waals surface area contributed by atoms with Gasteiger partial charge in [0.15, 0.2) is 0 Å². The third-order valence-corrected chi connectivity index (χ3v) is 2.24. The van der Waals surface area contributed by atoms with Crippen molar-refractivity contribution in [3.63, 3.8) is 0 Å². The molecule has 0 heterocycles. The molecule has 7 heteroatoms. The van der Waals surface area contributed by atoms with Gasteiger partial charge in [-0.25, -0.2) is 0 Å². The van der Waals surface area contributed by atoms with Gasteiger partial charge in [-0.3, -0.25) is 14.9 Å². The summed E-state index contributed by atoms with van der Waals surface area (Å²) in [7, 11) is 1.58. The van der Waals surface area contributed by atoms with Gasteiger partial charge in [0.25, 0.3) is 5.69 Å². The lowest BCUT2D eigenvalue weighted by molar-refractivity contribution is -0.384. The molecule has 0 saturated heterocycles. The van der Waals surface area contributed by atoms with E-state index in [9.17, 15) is 14.9 Å². The van der Waals surface area contributed by atoms with Gasteiger partial charge in [-0.1, -0.05) is 12.1 Å². The number of rotatable bonds is 5. The highest BCUT2D eigenvalue weighted by molar-refractivity contribution is 5.82. The van der Waals surface area contributed by atoms with Gasteiger partial charge >= 0.3 is 0 Å². The Bertz CT molecular complexity index is 495. The average Bonchev–Trinajstić information content (AvgIpc) is 2.36. The lowest BCUT2D eigenvalue weighted by Crippen LogP contribution is -2.35. The maximum absolute atomic E-state index is 11.4. The number of nitrogens with zero attached hydrogens (tertiary/aromatic N) is 3. The Kier molecular flexibility index (Phi) is 4.63. The molecule has 1 rings (SSSR count). The maximum Gasteiger partial charge on any atom is 0.292 e. The minimum atomic E-state index is -0.501. The zero-order chi connectivity index (χ0) is 13.5. The molecule has 1 amide bonds. The third kappa shape index (κ3) is 3.45. The smallest absolute Gasteiger partial charge is 0.292 e. The van der Waals surface area contributed by atoms with Crippen LogP contribution in [0.2, 0.25) is 0 Å². The van der Waals surface area contributed by atoms with Crippen molar-refractivity contribution in [3.8, 4) is 6.07 Å². The van der Waals surface area contributed by atoms with Crippen molar-refractivity contribution in [1.82, 2.24) is 5.32 Å². The van der Waals surface area contributed by atoms with Crippen molar-refractivity contribution in [1.29, 1.82) is 5.26 Å². The van der Waals surface area contributed by atoms with Crippen molar-refractivity contribution >= 4 is 17.3 Å². The molecule has 7 nitrogen and oxygen atoms in total. The van der Waals surface area contributed by atoms with E-state index in [-0.39, 0.29) is 24.7 Å². The SMILES string of the molecule is CN(CC(=O)NCC#N)c1ccccc1[N+](=O)[O-]. The summed E-state index contributed by atoms with van der Waals surface area (Å²) in [6.07, 6.45) is 0. The van der Waals surface area contributed by atoms with Gasteiger partial charge in [0.1, 0.15) is 12.2 Å². The van der Waals surface area contributed by atoms with Crippen molar-refractivity contribution < 1.29 is 9.72 Å². The monoisotopic (exact) mass is 248 g/mol. The predicted octanol–water partition coefficient (Wildman–Crippen LogP) is 0.671. The lowest BCUT2D eigenvalue weighted by atomic mass is 10.2. The number of nitrogens with one attached hydrogen (secondary N) is 1. The molecule has 0 saturated carbocycles. The van der Waals surface area contributed by atoms with Gasteiger partial charge in [-0.2, -0.15) is 5.26 Å². The number of hydrogen-bond donors (Lipinski definition) is 1. The first-order valence-corrected chi connectivity index (χ1v) is 5.14. The van der Waals surface area contributed by atoms with Gasteiger partial charge in [-0.15, -0.1) is 0 Å². The van der Waals surface area contributed by atoms with Crippen LogP contribution in [0.15, 0.2) is 24.3 Å². The van der Waals surface area contributed by atoms with Crippen LogP contribution in [0, 0.1) is 21.4 Å². The van der Waals surface area contributed by atoms with Crippen LogP contribution in [-0.2, 0) is 4.79 Å². The highest BCUT2D eigenvalue weighted by atomic mass is 16.6. The zero-order valence-corrected chi connectivity index (χ0v) is 9.79. The zero-order valence-electron chi connectivity index (χ0n) is 9.79. The first-order valence-electron chi connectivity index (χ1n) is 5.14. The van der Waals surface area contributed by atoms with E-state index in [4.69, 9.17) is 5.26 Å². The number of nitro benzene ring substituents is 1. The fraction of sp³-hybridized carbons (Fsp3) is 0.273. The van der Waals surface area contributed by atoms with E-state index in [2.05, 4.69) is 5.32 Å². The topological polar surface area (TPSA) is 99.3 Å². The molecular formula is C11H12N4O3. The Balaban J connectivity index is 2.78. The Hall–Kier alpha value is -2.62. The van der Waals surface area contributed by atoms with Crippen LogP contribution in [0.5, 0.6) is 0 Å². The largest absolute Gasteiger partial charge is 0.360 e. The van der Waals surface area contributed by atoms with E-state index in [1.165, 1.54) is 11.0 Å². The van der Waals surface area contributed by atoms with E-state index in [1.54, 1.807) is 31.3 Å². The summed E-state index contributed by atoms with van der Waals surface area (Å²) in [5, 5.41) is 21.5. The van der Waals surface area contributed by atoms with E-state index >= 15 is 0 Å². The molecule has 1 aromatic rings. The number of nitro groups is 1. The molecule has 0 aromatic heterocycles. The molecular weight excluding hydrogens is 236 g/mol. The minimum Gasteiger partial charge on any atom is -0.360 e. The average molecular weight is 248 g/mol. The molecule has 18 heavy (non-hydrogen) atoms. The van der Waals surface area contributed by atoms with E-state index in [0.29, 0.717) is 5.69 Å². The molecule has 1 aromatic carbocycles. The second kappa shape index (κ2) is 6.20. The van der Waals surface area contributed by atoms with Gasteiger partial charge in [-0.05, 0) is 6.07 Å². The summed E-state index contributed by atoms with van der Waals surface area (Å²) in [6, 6.07) is 7.94. The third-order valence-electron chi connectivity index (χ3n) is 2.24. The second-order valence-corrected chi connectivity index (χ2v) is 3.54. The van der Waals surface area contributed by atoms with Crippen molar-refractivity contribution in [2.45, 2.75) is 0 Å². The molecule has 0 unspecified atom stereocenters. The van der Waals surface area contributed by atoms with E-state index < -0.39 is 4.92 Å². The molecule has 0 radical (unpaired) electrons. The normalized spacial score (nSPS) is 9.33. The summed E-state index contributed by atoms with van der Waals surface area (Å²) in [4.78, 5) is 23.2. The number of benzene rings is 1.